The molecule has 1 aromatic carbocycles. The number of fused-ring (bicyclic) bond motifs is 1. The number of nitrogens with zero attached hydrogens (tertiary/aromatic N) is 3. The first-order valence-corrected chi connectivity index (χ1v) is 12.2. The topological polar surface area (TPSA) is 84.4 Å². The van der Waals surface area contributed by atoms with Gasteiger partial charge >= 0.3 is 0 Å². The Morgan fingerprint density at radius 2 is 1.97 bits per heavy atom. The normalized spacial score (nSPS) is 12.0. The van der Waals surface area contributed by atoms with E-state index in [0.29, 0.717) is 38.5 Å². The molecule has 2 aromatic heterocycles. The van der Waals surface area contributed by atoms with Crippen molar-refractivity contribution >= 4 is 37.4 Å². The Bertz CT molecular complexity index is 1050. The van der Waals surface area contributed by atoms with E-state index < -0.39 is 10.0 Å². The third-order valence-corrected chi connectivity index (χ3v) is 6.79. The lowest BCUT2D eigenvalue weighted by Crippen LogP contribution is -2.31. The summed E-state index contributed by atoms with van der Waals surface area (Å²) in [6, 6.07) is 10.2. The molecular weight excluding hydrogens is 408 g/mol. The summed E-state index contributed by atoms with van der Waals surface area (Å²) in [4.78, 5) is 10.2. The smallest absolute Gasteiger partial charge is 0.211 e. The Balaban J connectivity index is 1.85. The van der Waals surface area contributed by atoms with Crippen LogP contribution in [0.15, 0.2) is 35.7 Å². The van der Waals surface area contributed by atoms with E-state index in [2.05, 4.69) is 32.8 Å². The second-order valence-electron chi connectivity index (χ2n) is 6.65. The highest BCUT2D eigenvalue weighted by Crippen LogP contribution is 2.36. The first-order chi connectivity index (χ1) is 13.9. The van der Waals surface area contributed by atoms with E-state index in [1.165, 1.54) is 10.6 Å². The molecule has 0 fully saturated rings. The average molecular weight is 435 g/mol. The number of aromatic nitrogens is 2. The summed E-state index contributed by atoms with van der Waals surface area (Å²) >= 11 is 1.58. The van der Waals surface area contributed by atoms with Crippen molar-refractivity contribution in [3.05, 3.63) is 41.5 Å². The number of benzene rings is 1. The third-order valence-electron chi connectivity index (χ3n) is 4.54. The van der Waals surface area contributed by atoms with Gasteiger partial charge in [-0.05, 0) is 12.0 Å². The fraction of sp³-hybridized carbons (Fsp3) is 0.400. The molecule has 0 aliphatic heterocycles. The molecule has 3 rings (SSSR count). The van der Waals surface area contributed by atoms with Gasteiger partial charge in [-0.15, -0.1) is 11.3 Å². The summed E-state index contributed by atoms with van der Waals surface area (Å²) in [6.45, 7) is 3.72. The van der Waals surface area contributed by atoms with E-state index in [4.69, 9.17) is 4.74 Å². The third kappa shape index (κ3) is 5.30. The molecule has 0 radical (unpaired) electrons. The molecule has 7 nitrogen and oxygen atoms in total. The Hall–Kier alpha value is -2.07. The summed E-state index contributed by atoms with van der Waals surface area (Å²) in [5, 5.41) is 6.47. The van der Waals surface area contributed by atoms with Gasteiger partial charge in [-0.25, -0.2) is 22.7 Å². The molecular formula is C20H26N4O3S2. The van der Waals surface area contributed by atoms with Crippen molar-refractivity contribution in [2.24, 2.45) is 0 Å². The molecule has 0 atom stereocenters. The van der Waals surface area contributed by atoms with E-state index >= 15 is 0 Å². The predicted octanol–water partition coefficient (Wildman–Crippen LogP) is 3.59. The summed E-state index contributed by atoms with van der Waals surface area (Å²) in [5.74, 6) is 1.37. The summed E-state index contributed by atoms with van der Waals surface area (Å²) in [6.07, 6.45) is 1.92. The van der Waals surface area contributed by atoms with E-state index in [-0.39, 0.29) is 0 Å². The number of thiophene rings is 1. The van der Waals surface area contributed by atoms with Gasteiger partial charge in [0.25, 0.3) is 0 Å². The number of nitrogens with one attached hydrogen (secondary N) is 1. The van der Waals surface area contributed by atoms with Crippen LogP contribution in [-0.2, 0) is 21.4 Å². The molecule has 0 aliphatic rings. The highest BCUT2D eigenvalue weighted by molar-refractivity contribution is 7.88. The molecule has 0 unspecified atom stereocenters. The first-order valence-electron chi connectivity index (χ1n) is 9.45. The van der Waals surface area contributed by atoms with Crippen molar-refractivity contribution in [3.8, 4) is 11.1 Å². The van der Waals surface area contributed by atoms with Crippen LogP contribution in [0.1, 0.15) is 19.2 Å². The number of ether oxygens (including phenoxy) is 1. The van der Waals surface area contributed by atoms with Crippen LogP contribution < -0.4 is 5.32 Å². The molecule has 0 saturated carbocycles. The maximum absolute atomic E-state index is 11.8. The molecule has 156 valence electrons. The van der Waals surface area contributed by atoms with Crippen LogP contribution in [-0.4, -0.2) is 55.7 Å². The fourth-order valence-electron chi connectivity index (χ4n) is 3.16. The number of rotatable bonds is 10. The van der Waals surface area contributed by atoms with Crippen LogP contribution in [0, 0.1) is 0 Å². The van der Waals surface area contributed by atoms with Gasteiger partial charge in [-0.2, -0.15) is 0 Å². The van der Waals surface area contributed by atoms with Crippen LogP contribution in [0.5, 0.6) is 0 Å². The van der Waals surface area contributed by atoms with Crippen molar-refractivity contribution in [1.82, 2.24) is 14.3 Å². The van der Waals surface area contributed by atoms with Gasteiger partial charge in [-0.3, -0.25) is 0 Å². The van der Waals surface area contributed by atoms with Crippen LogP contribution in [0.3, 0.4) is 0 Å². The quantitative estimate of drug-likeness (QED) is 0.491. The molecule has 0 spiro atoms. The number of methoxy groups -OCH3 is 1. The Labute approximate surface area is 175 Å². The highest BCUT2D eigenvalue weighted by Gasteiger charge is 2.16. The minimum Gasteiger partial charge on any atom is -0.377 e. The van der Waals surface area contributed by atoms with Gasteiger partial charge in [0.2, 0.25) is 10.0 Å². The summed E-state index contributed by atoms with van der Waals surface area (Å²) < 4.78 is 30.2. The molecule has 1 N–H and O–H groups in total. The zero-order valence-electron chi connectivity index (χ0n) is 16.9. The second kappa shape index (κ2) is 9.62. The summed E-state index contributed by atoms with van der Waals surface area (Å²) in [7, 11) is -1.56. The largest absolute Gasteiger partial charge is 0.377 e. The van der Waals surface area contributed by atoms with Crippen molar-refractivity contribution in [3.63, 3.8) is 0 Å². The zero-order chi connectivity index (χ0) is 20.9. The number of anilines is 1. The molecule has 0 saturated heterocycles. The van der Waals surface area contributed by atoms with Gasteiger partial charge in [0.05, 0.1) is 11.6 Å². The van der Waals surface area contributed by atoms with Crippen LogP contribution >= 0.6 is 11.3 Å². The number of sulfonamides is 1. The van der Waals surface area contributed by atoms with Gasteiger partial charge in [0.15, 0.2) is 5.82 Å². The lowest BCUT2D eigenvalue weighted by Gasteiger charge is -2.18. The van der Waals surface area contributed by atoms with Gasteiger partial charge in [-0.1, -0.05) is 37.3 Å². The summed E-state index contributed by atoms with van der Waals surface area (Å²) in [5.41, 5.74) is 2.20. The predicted molar refractivity (Wildman–Crippen MR) is 119 cm³/mol. The lowest BCUT2D eigenvalue weighted by molar-refractivity contribution is 0.178. The minimum absolute atomic E-state index is 0.334. The SMILES string of the molecule is CCN(CCCNc1nc(COC)nc2scc(-c3ccccc3)c12)S(C)(=O)=O. The van der Waals surface area contributed by atoms with Crippen molar-refractivity contribution in [2.45, 2.75) is 20.0 Å². The number of hydrogen-bond donors (Lipinski definition) is 1. The monoisotopic (exact) mass is 434 g/mol. The maximum Gasteiger partial charge on any atom is 0.211 e. The van der Waals surface area contributed by atoms with E-state index in [9.17, 15) is 8.42 Å². The number of hydrogen-bond acceptors (Lipinski definition) is 7. The van der Waals surface area contributed by atoms with Crippen molar-refractivity contribution < 1.29 is 13.2 Å². The molecule has 29 heavy (non-hydrogen) atoms. The molecule has 2 heterocycles. The van der Waals surface area contributed by atoms with Gasteiger partial charge in [0.1, 0.15) is 17.3 Å². The van der Waals surface area contributed by atoms with Gasteiger partial charge in [0, 0.05) is 37.7 Å². The molecule has 0 bridgehead atoms. The average Bonchev–Trinajstić information content (AvgIpc) is 3.12. The maximum atomic E-state index is 11.8. The van der Waals surface area contributed by atoms with Crippen LogP contribution in [0.4, 0.5) is 5.82 Å². The Kier molecular flexibility index (Phi) is 7.18. The minimum atomic E-state index is -3.18. The Morgan fingerprint density at radius 1 is 1.21 bits per heavy atom. The van der Waals surface area contributed by atoms with Gasteiger partial charge < -0.3 is 10.1 Å². The van der Waals surface area contributed by atoms with Crippen LogP contribution in [0.2, 0.25) is 0 Å². The molecule has 3 aromatic rings. The standard InChI is InChI=1S/C20H26N4O3S2/c1-4-24(29(3,25)26)12-8-11-21-19-18-16(15-9-6-5-7-10-15)14-28-20(18)23-17(22-19)13-27-2/h5-7,9-10,14H,4,8,11-13H2,1-3H3,(H,21,22,23). The highest BCUT2D eigenvalue weighted by atomic mass is 32.2. The molecule has 0 amide bonds. The molecule has 0 aliphatic carbocycles. The fourth-order valence-corrected chi connectivity index (χ4v) is 5.05. The van der Waals surface area contributed by atoms with E-state index in [1.807, 2.05) is 25.1 Å². The lowest BCUT2D eigenvalue weighted by atomic mass is 10.1. The van der Waals surface area contributed by atoms with E-state index in [0.717, 1.165) is 27.2 Å². The van der Waals surface area contributed by atoms with Crippen LogP contribution in [0.25, 0.3) is 21.3 Å². The Morgan fingerprint density at radius 3 is 2.62 bits per heavy atom. The second-order valence-corrected chi connectivity index (χ2v) is 9.49. The van der Waals surface area contributed by atoms with Crippen molar-refractivity contribution in [1.29, 1.82) is 0 Å². The first kappa shape index (κ1) is 21.6. The molecule has 9 heteroatoms. The van der Waals surface area contributed by atoms with Crippen molar-refractivity contribution in [2.75, 3.05) is 38.3 Å². The zero-order valence-corrected chi connectivity index (χ0v) is 18.5. The van der Waals surface area contributed by atoms with E-state index in [1.54, 1.807) is 18.4 Å².